The number of ether oxygens (including phenoxy) is 2. The normalized spacial score (nSPS) is 16.4. The van der Waals surface area contributed by atoms with Crippen LogP contribution in [0.3, 0.4) is 0 Å². The largest absolute Gasteiger partial charge is 0.496 e. The number of urea groups is 1. The zero-order chi connectivity index (χ0) is 20.1. The number of para-hydroxylation sites is 1. The topological polar surface area (TPSA) is 94.5 Å². The van der Waals surface area contributed by atoms with Gasteiger partial charge in [-0.05, 0) is 13.0 Å². The fraction of sp³-hybridized carbons (Fsp3) is 0.316. The quantitative estimate of drug-likeness (QED) is 0.546. The molecule has 2 N–H and O–H groups in total. The molecule has 0 spiro atoms. The van der Waals surface area contributed by atoms with Gasteiger partial charge in [0.2, 0.25) is 0 Å². The molecular weight excluding hydrogens is 380 g/mol. The number of aryl methyl sites for hydroxylation is 1. The van der Waals surface area contributed by atoms with Crippen molar-refractivity contribution in [1.82, 2.24) is 20.2 Å². The Bertz CT molecular complexity index is 909. The van der Waals surface area contributed by atoms with Gasteiger partial charge < -0.3 is 24.7 Å². The molecule has 0 fully saturated rings. The zero-order valence-electron chi connectivity index (χ0n) is 15.9. The number of aromatic nitrogens is 2. The average Bonchev–Trinajstić information content (AvgIpc) is 3.10. The number of nitrogens with zero attached hydrogens (tertiary/aromatic N) is 2. The number of rotatable bonds is 7. The van der Waals surface area contributed by atoms with Crippen LogP contribution >= 0.6 is 11.8 Å². The summed E-state index contributed by atoms with van der Waals surface area (Å²) in [4.78, 5) is 29.4. The van der Waals surface area contributed by atoms with Crippen LogP contribution in [0.15, 0.2) is 53.1 Å². The van der Waals surface area contributed by atoms with E-state index in [1.54, 1.807) is 26.3 Å². The van der Waals surface area contributed by atoms with E-state index in [1.165, 1.54) is 11.8 Å². The van der Waals surface area contributed by atoms with Crippen molar-refractivity contribution in [3.8, 4) is 5.75 Å². The van der Waals surface area contributed by atoms with E-state index in [9.17, 15) is 9.59 Å². The predicted molar refractivity (Wildman–Crippen MR) is 105 cm³/mol. The van der Waals surface area contributed by atoms with Crippen molar-refractivity contribution in [3.05, 3.63) is 53.5 Å². The van der Waals surface area contributed by atoms with Gasteiger partial charge in [-0.1, -0.05) is 30.0 Å². The number of methoxy groups -OCH3 is 1. The number of amides is 2. The van der Waals surface area contributed by atoms with E-state index >= 15 is 0 Å². The van der Waals surface area contributed by atoms with Gasteiger partial charge in [-0.3, -0.25) is 0 Å². The summed E-state index contributed by atoms with van der Waals surface area (Å²) in [7, 11) is 3.43. The van der Waals surface area contributed by atoms with Gasteiger partial charge in [0, 0.05) is 36.5 Å². The second-order valence-electron chi connectivity index (χ2n) is 6.00. The monoisotopic (exact) mass is 402 g/mol. The Hall–Kier alpha value is -2.94. The first-order chi connectivity index (χ1) is 13.5. The number of carbonyl (C=O) groups is 2. The van der Waals surface area contributed by atoms with Crippen LogP contribution in [0.5, 0.6) is 5.75 Å². The number of hydrogen-bond acceptors (Lipinski definition) is 6. The number of esters is 1. The number of thioether (sulfide) groups is 1. The highest BCUT2D eigenvalue weighted by atomic mass is 32.2. The molecule has 2 aromatic rings. The maximum Gasteiger partial charge on any atom is 0.338 e. The van der Waals surface area contributed by atoms with Crippen LogP contribution in [-0.2, 0) is 16.6 Å². The third-order valence-corrected chi connectivity index (χ3v) is 5.31. The average molecular weight is 402 g/mol. The molecule has 0 bridgehead atoms. The molecule has 9 heteroatoms. The molecule has 2 amide bonds. The lowest BCUT2D eigenvalue weighted by atomic mass is 9.95. The first-order valence-corrected chi connectivity index (χ1v) is 9.74. The highest BCUT2D eigenvalue weighted by Crippen LogP contribution is 2.34. The molecular formula is C19H22N4O4S. The van der Waals surface area contributed by atoms with Crippen LogP contribution in [0.2, 0.25) is 0 Å². The molecule has 0 unspecified atom stereocenters. The van der Waals surface area contributed by atoms with Gasteiger partial charge in [-0.25, -0.2) is 14.6 Å². The number of benzene rings is 1. The highest BCUT2D eigenvalue weighted by Gasteiger charge is 2.35. The van der Waals surface area contributed by atoms with Crippen molar-refractivity contribution in [2.45, 2.75) is 18.1 Å². The molecule has 1 aromatic carbocycles. The zero-order valence-corrected chi connectivity index (χ0v) is 16.7. The minimum atomic E-state index is -0.680. The molecule has 148 valence electrons. The third-order valence-electron chi connectivity index (χ3n) is 4.22. The number of nitrogens with one attached hydrogen (secondary N) is 2. The molecule has 3 rings (SSSR count). The summed E-state index contributed by atoms with van der Waals surface area (Å²) >= 11 is 1.42. The molecule has 1 aliphatic heterocycles. The summed E-state index contributed by atoms with van der Waals surface area (Å²) in [6.45, 7) is 1.97. The number of imidazole rings is 1. The van der Waals surface area contributed by atoms with E-state index < -0.39 is 12.0 Å². The van der Waals surface area contributed by atoms with E-state index in [0.717, 1.165) is 5.16 Å². The maximum atomic E-state index is 12.8. The van der Waals surface area contributed by atoms with Gasteiger partial charge in [0.25, 0.3) is 0 Å². The van der Waals surface area contributed by atoms with Gasteiger partial charge >= 0.3 is 12.0 Å². The Morgan fingerprint density at radius 1 is 1.36 bits per heavy atom. The van der Waals surface area contributed by atoms with Crippen LogP contribution in [0.25, 0.3) is 0 Å². The molecule has 28 heavy (non-hydrogen) atoms. The van der Waals surface area contributed by atoms with Crippen LogP contribution in [0, 0.1) is 0 Å². The summed E-state index contributed by atoms with van der Waals surface area (Å²) in [6, 6.07) is 6.20. The van der Waals surface area contributed by atoms with Gasteiger partial charge in [-0.15, -0.1) is 0 Å². The fourth-order valence-electron chi connectivity index (χ4n) is 2.95. The standard InChI is InChI=1S/C19H22N4O4S/c1-4-27-17(24)15-13(11-28-19-20-9-10-23(19)2)21-18(25)22-16(15)12-7-5-6-8-14(12)26-3/h5-10,16H,4,11H2,1-3H3,(H2,21,22,25)/t16-/m0/s1. The van der Waals surface area contributed by atoms with Crippen molar-refractivity contribution >= 4 is 23.8 Å². The van der Waals surface area contributed by atoms with Crippen LogP contribution < -0.4 is 15.4 Å². The molecule has 0 aliphatic carbocycles. The van der Waals surface area contributed by atoms with E-state index in [4.69, 9.17) is 9.47 Å². The minimum absolute atomic E-state index is 0.231. The van der Waals surface area contributed by atoms with Gasteiger partial charge in [0.05, 0.1) is 25.3 Å². The van der Waals surface area contributed by atoms with Crippen molar-refractivity contribution < 1.29 is 19.1 Å². The molecule has 2 heterocycles. The van der Waals surface area contributed by atoms with Gasteiger partial charge in [0.15, 0.2) is 5.16 Å². The number of hydrogen-bond donors (Lipinski definition) is 2. The summed E-state index contributed by atoms with van der Waals surface area (Å²) in [6.07, 6.45) is 3.53. The maximum absolute atomic E-state index is 12.8. The Morgan fingerprint density at radius 2 is 2.14 bits per heavy atom. The first-order valence-electron chi connectivity index (χ1n) is 8.75. The molecule has 1 aliphatic rings. The smallest absolute Gasteiger partial charge is 0.338 e. The SMILES string of the molecule is CCOC(=O)C1=C(CSc2nccn2C)NC(=O)N[C@H]1c1ccccc1OC. The van der Waals surface area contributed by atoms with E-state index in [2.05, 4.69) is 15.6 Å². The lowest BCUT2D eigenvalue weighted by Crippen LogP contribution is -2.46. The summed E-state index contributed by atoms with van der Waals surface area (Å²) in [5.41, 5.74) is 1.53. The lowest BCUT2D eigenvalue weighted by Gasteiger charge is -2.30. The Morgan fingerprint density at radius 3 is 2.82 bits per heavy atom. The van der Waals surface area contributed by atoms with Crippen LogP contribution in [0.4, 0.5) is 4.79 Å². The highest BCUT2D eigenvalue weighted by molar-refractivity contribution is 7.99. The number of carbonyl (C=O) groups excluding carboxylic acids is 2. The minimum Gasteiger partial charge on any atom is -0.496 e. The van der Waals surface area contributed by atoms with Crippen LogP contribution in [0.1, 0.15) is 18.5 Å². The van der Waals surface area contributed by atoms with Crippen LogP contribution in [-0.4, -0.2) is 41.0 Å². The molecule has 8 nitrogen and oxygen atoms in total. The lowest BCUT2D eigenvalue weighted by molar-refractivity contribution is -0.139. The van der Waals surface area contributed by atoms with Crippen molar-refractivity contribution in [2.75, 3.05) is 19.5 Å². The molecule has 1 aromatic heterocycles. The second kappa shape index (κ2) is 8.83. The molecule has 0 radical (unpaired) electrons. The fourth-order valence-corrected chi connectivity index (χ4v) is 3.85. The Balaban J connectivity index is 2.02. The van der Waals surface area contributed by atoms with E-state index in [-0.39, 0.29) is 12.6 Å². The van der Waals surface area contributed by atoms with Crippen molar-refractivity contribution in [1.29, 1.82) is 0 Å². The van der Waals surface area contributed by atoms with E-state index in [0.29, 0.717) is 28.3 Å². The molecule has 1 atom stereocenters. The summed E-state index contributed by atoms with van der Waals surface area (Å²) in [5, 5.41) is 6.34. The molecule has 0 saturated carbocycles. The van der Waals surface area contributed by atoms with Gasteiger partial charge in [-0.2, -0.15) is 0 Å². The van der Waals surface area contributed by atoms with Gasteiger partial charge in [0.1, 0.15) is 5.75 Å². The first kappa shape index (κ1) is 19.8. The third kappa shape index (κ3) is 4.14. The van der Waals surface area contributed by atoms with E-state index in [1.807, 2.05) is 36.0 Å². The van der Waals surface area contributed by atoms with Crippen molar-refractivity contribution in [2.24, 2.45) is 7.05 Å². The predicted octanol–water partition coefficient (Wildman–Crippen LogP) is 2.39. The Labute approximate surface area is 167 Å². The summed E-state index contributed by atoms with van der Waals surface area (Å²) in [5.74, 6) is 0.451. The van der Waals surface area contributed by atoms with Crippen molar-refractivity contribution in [3.63, 3.8) is 0 Å². The Kier molecular flexibility index (Phi) is 6.25. The summed E-state index contributed by atoms with van der Waals surface area (Å²) < 4.78 is 12.6. The second-order valence-corrected chi connectivity index (χ2v) is 6.94. The molecule has 0 saturated heterocycles.